The number of hydrogen-bond donors (Lipinski definition) is 1. The highest BCUT2D eigenvalue weighted by Gasteiger charge is 2.33. The van der Waals surface area contributed by atoms with Crippen molar-refractivity contribution >= 4 is 27.8 Å². The minimum Gasteiger partial charge on any atom is -0.466 e. The van der Waals surface area contributed by atoms with Gasteiger partial charge in [-0.05, 0) is 24.6 Å². The molecule has 0 amide bonds. The molecule has 1 atom stereocenters. The number of nitrogens with one attached hydrogen (secondary N) is 1. The van der Waals surface area contributed by atoms with E-state index in [1.54, 1.807) is 4.68 Å². The van der Waals surface area contributed by atoms with Crippen LogP contribution in [0.2, 0.25) is 0 Å². The van der Waals surface area contributed by atoms with Gasteiger partial charge in [-0.25, -0.2) is 9.48 Å². The average Bonchev–Trinajstić information content (AvgIpc) is 2.92. The molecule has 0 spiro atoms. The molecule has 0 bridgehead atoms. The van der Waals surface area contributed by atoms with Gasteiger partial charge in [-0.1, -0.05) is 28.1 Å². The van der Waals surface area contributed by atoms with Crippen LogP contribution in [0.15, 0.2) is 46.3 Å². The summed E-state index contributed by atoms with van der Waals surface area (Å²) >= 11 is 3.46. The number of methoxy groups -OCH3 is 1. The topological polar surface area (TPSA) is 69.0 Å². The molecular formula is C14H13BrN4O2. The van der Waals surface area contributed by atoms with E-state index in [4.69, 9.17) is 4.74 Å². The van der Waals surface area contributed by atoms with Crippen molar-refractivity contribution in [3.05, 3.63) is 51.9 Å². The number of carbonyl (C=O) groups excluding carboxylic acids is 1. The van der Waals surface area contributed by atoms with Crippen LogP contribution in [0.3, 0.4) is 0 Å². The Morgan fingerprint density at radius 3 is 3.00 bits per heavy atom. The number of nitrogens with zero attached hydrogens (tertiary/aromatic N) is 3. The molecule has 7 heteroatoms. The number of fused-ring (bicyclic) bond motifs is 1. The SMILES string of the molecule is COC(=O)C1=C(C)Nc2ncnn2C1c1cccc(Br)c1. The number of ether oxygens (including phenoxy) is 1. The van der Waals surface area contributed by atoms with Crippen LogP contribution >= 0.6 is 15.9 Å². The third-order valence-electron chi connectivity index (χ3n) is 3.36. The maximum atomic E-state index is 12.2. The predicted molar refractivity (Wildman–Crippen MR) is 80.6 cm³/mol. The number of halogens is 1. The maximum absolute atomic E-state index is 12.2. The summed E-state index contributed by atoms with van der Waals surface area (Å²) in [5, 5.41) is 7.31. The average molecular weight is 349 g/mol. The van der Waals surface area contributed by atoms with E-state index in [1.807, 2.05) is 31.2 Å². The Kier molecular flexibility index (Phi) is 3.50. The van der Waals surface area contributed by atoms with E-state index in [1.165, 1.54) is 13.4 Å². The molecule has 6 nitrogen and oxygen atoms in total. The second kappa shape index (κ2) is 5.33. The summed E-state index contributed by atoms with van der Waals surface area (Å²) in [7, 11) is 1.37. The molecule has 1 unspecified atom stereocenters. The lowest BCUT2D eigenvalue weighted by molar-refractivity contribution is -0.136. The Hall–Kier alpha value is -2.15. The first kappa shape index (κ1) is 13.8. The maximum Gasteiger partial charge on any atom is 0.338 e. The molecule has 108 valence electrons. The standard InChI is InChI=1S/C14H13BrN4O2/c1-8-11(13(20)21-2)12(9-4-3-5-10(15)6-9)19-14(18-8)16-7-17-19/h3-7,12H,1-2H3,(H,16,17,18). The van der Waals surface area contributed by atoms with Gasteiger partial charge >= 0.3 is 5.97 Å². The molecule has 0 saturated heterocycles. The summed E-state index contributed by atoms with van der Waals surface area (Å²) in [5.74, 6) is 0.219. The highest BCUT2D eigenvalue weighted by atomic mass is 79.9. The molecule has 1 N–H and O–H groups in total. The fourth-order valence-electron chi connectivity index (χ4n) is 2.45. The van der Waals surface area contributed by atoms with Gasteiger partial charge < -0.3 is 10.1 Å². The van der Waals surface area contributed by atoms with Gasteiger partial charge in [0.05, 0.1) is 12.7 Å². The van der Waals surface area contributed by atoms with Crippen LogP contribution in [0.5, 0.6) is 0 Å². The van der Waals surface area contributed by atoms with Crippen molar-refractivity contribution < 1.29 is 9.53 Å². The lowest BCUT2D eigenvalue weighted by Crippen LogP contribution is -2.29. The van der Waals surface area contributed by atoms with E-state index in [-0.39, 0.29) is 12.0 Å². The molecule has 0 fully saturated rings. The number of hydrogen-bond acceptors (Lipinski definition) is 5. The van der Waals surface area contributed by atoms with Crippen molar-refractivity contribution in [2.75, 3.05) is 12.4 Å². The lowest BCUT2D eigenvalue weighted by atomic mass is 9.96. The van der Waals surface area contributed by atoms with Gasteiger partial charge in [0.15, 0.2) is 0 Å². The smallest absolute Gasteiger partial charge is 0.338 e. The van der Waals surface area contributed by atoms with Gasteiger partial charge in [0.2, 0.25) is 5.95 Å². The zero-order valence-electron chi connectivity index (χ0n) is 11.5. The van der Waals surface area contributed by atoms with Crippen molar-refractivity contribution in [1.29, 1.82) is 0 Å². The monoisotopic (exact) mass is 348 g/mol. The molecule has 0 saturated carbocycles. The molecule has 0 radical (unpaired) electrons. The van der Waals surface area contributed by atoms with Gasteiger partial charge in [0.1, 0.15) is 12.4 Å². The molecule has 2 heterocycles. The molecule has 0 aliphatic carbocycles. The summed E-state index contributed by atoms with van der Waals surface area (Å²) in [5.41, 5.74) is 2.17. The highest BCUT2D eigenvalue weighted by Crippen LogP contribution is 2.35. The van der Waals surface area contributed by atoms with Gasteiger partial charge in [-0.2, -0.15) is 10.1 Å². The van der Waals surface area contributed by atoms with E-state index in [0.717, 1.165) is 10.0 Å². The second-order valence-electron chi connectivity index (χ2n) is 4.64. The third-order valence-corrected chi connectivity index (χ3v) is 3.86. The van der Waals surface area contributed by atoms with E-state index in [2.05, 4.69) is 31.3 Å². The number of benzene rings is 1. The van der Waals surface area contributed by atoms with Crippen molar-refractivity contribution in [2.24, 2.45) is 0 Å². The number of anilines is 1. The number of aromatic nitrogens is 3. The van der Waals surface area contributed by atoms with E-state index in [0.29, 0.717) is 17.2 Å². The zero-order chi connectivity index (χ0) is 15.0. The van der Waals surface area contributed by atoms with Crippen molar-refractivity contribution in [1.82, 2.24) is 14.8 Å². The Morgan fingerprint density at radius 1 is 1.48 bits per heavy atom. The van der Waals surface area contributed by atoms with E-state index in [9.17, 15) is 4.79 Å². The van der Waals surface area contributed by atoms with Crippen LogP contribution in [-0.4, -0.2) is 27.8 Å². The van der Waals surface area contributed by atoms with Crippen LogP contribution in [0.1, 0.15) is 18.5 Å². The minimum absolute atomic E-state index is 0.367. The molecule has 1 aliphatic rings. The molecule has 1 aliphatic heterocycles. The Morgan fingerprint density at radius 2 is 2.29 bits per heavy atom. The first-order valence-corrected chi connectivity index (χ1v) is 7.12. The largest absolute Gasteiger partial charge is 0.466 e. The first-order chi connectivity index (χ1) is 10.1. The van der Waals surface area contributed by atoms with Gasteiger partial charge in [-0.3, -0.25) is 0 Å². The van der Waals surface area contributed by atoms with Crippen LogP contribution in [-0.2, 0) is 9.53 Å². The Balaban J connectivity index is 2.20. The number of esters is 1. The van der Waals surface area contributed by atoms with Gasteiger partial charge in [0, 0.05) is 10.2 Å². The molecular weight excluding hydrogens is 336 g/mol. The number of rotatable bonds is 2. The van der Waals surface area contributed by atoms with Crippen molar-refractivity contribution in [3.8, 4) is 0 Å². The number of carbonyl (C=O) groups is 1. The summed E-state index contributed by atoms with van der Waals surface area (Å²) < 4.78 is 7.54. The summed E-state index contributed by atoms with van der Waals surface area (Å²) in [6.45, 7) is 1.83. The van der Waals surface area contributed by atoms with Crippen LogP contribution in [0, 0.1) is 0 Å². The molecule has 1 aromatic heterocycles. The first-order valence-electron chi connectivity index (χ1n) is 6.33. The second-order valence-corrected chi connectivity index (χ2v) is 5.56. The van der Waals surface area contributed by atoms with Crippen molar-refractivity contribution in [3.63, 3.8) is 0 Å². The van der Waals surface area contributed by atoms with Gasteiger partial charge in [-0.15, -0.1) is 0 Å². The molecule has 21 heavy (non-hydrogen) atoms. The fraction of sp³-hybridized carbons (Fsp3) is 0.214. The zero-order valence-corrected chi connectivity index (χ0v) is 13.1. The van der Waals surface area contributed by atoms with Crippen LogP contribution in [0.4, 0.5) is 5.95 Å². The van der Waals surface area contributed by atoms with Crippen LogP contribution < -0.4 is 5.32 Å². The lowest BCUT2D eigenvalue weighted by Gasteiger charge is -2.27. The number of allylic oxidation sites excluding steroid dienone is 1. The quantitative estimate of drug-likeness (QED) is 0.844. The minimum atomic E-state index is -0.383. The fourth-order valence-corrected chi connectivity index (χ4v) is 2.87. The molecule has 2 aromatic rings. The van der Waals surface area contributed by atoms with E-state index >= 15 is 0 Å². The molecule has 3 rings (SSSR count). The third kappa shape index (κ3) is 2.33. The summed E-state index contributed by atoms with van der Waals surface area (Å²) in [6.07, 6.45) is 1.46. The Labute approximate surface area is 130 Å². The molecule has 1 aromatic carbocycles. The highest BCUT2D eigenvalue weighted by molar-refractivity contribution is 9.10. The summed E-state index contributed by atoms with van der Waals surface area (Å²) in [6, 6.07) is 7.39. The predicted octanol–water partition coefficient (Wildman–Crippen LogP) is 2.50. The summed E-state index contributed by atoms with van der Waals surface area (Å²) in [4.78, 5) is 16.4. The van der Waals surface area contributed by atoms with Gasteiger partial charge in [0.25, 0.3) is 0 Å². The van der Waals surface area contributed by atoms with Crippen LogP contribution in [0.25, 0.3) is 0 Å². The Bertz CT molecular complexity index is 738. The van der Waals surface area contributed by atoms with Crippen molar-refractivity contribution in [2.45, 2.75) is 13.0 Å². The normalized spacial score (nSPS) is 17.2. The van der Waals surface area contributed by atoms with E-state index < -0.39 is 0 Å².